The Labute approximate surface area is 174 Å². The van der Waals surface area contributed by atoms with Crippen LogP contribution in [-0.4, -0.2) is 51.9 Å². The van der Waals surface area contributed by atoms with Gasteiger partial charge in [0.1, 0.15) is 25.1 Å². The molecule has 0 saturated carbocycles. The molecule has 11 heteroatoms. The summed E-state index contributed by atoms with van der Waals surface area (Å²) < 4.78 is 9.97. The Balaban J connectivity index is 0.000000340. The largest absolute Gasteiger partial charge is 0.449 e. The molecule has 0 aliphatic carbocycles. The quantitative estimate of drug-likeness (QED) is 0.517. The fraction of sp³-hybridized carbons (Fsp3) is 0.579. The van der Waals surface area contributed by atoms with Gasteiger partial charge in [-0.05, 0) is 12.8 Å². The van der Waals surface area contributed by atoms with Gasteiger partial charge in [-0.1, -0.05) is 33.6 Å². The molecule has 30 heavy (non-hydrogen) atoms. The van der Waals surface area contributed by atoms with E-state index in [1.165, 1.54) is 18.7 Å². The number of alkyl carbamates (subject to hydrolysis) is 1. The van der Waals surface area contributed by atoms with Gasteiger partial charge < -0.3 is 25.5 Å². The van der Waals surface area contributed by atoms with Crippen LogP contribution in [0.1, 0.15) is 46.5 Å². The van der Waals surface area contributed by atoms with Gasteiger partial charge in [0.25, 0.3) is 5.56 Å². The van der Waals surface area contributed by atoms with E-state index >= 15 is 0 Å². The third-order valence-electron chi connectivity index (χ3n) is 4.02. The molecule has 2 aromatic rings. The zero-order valence-electron chi connectivity index (χ0n) is 17.6. The SMILES string of the molecule is CCCCNC(=O)OCC(C)(CCC)COC(N)=O.O=c1cnc2ncncc2[nH]1. The fourth-order valence-corrected chi connectivity index (χ4v) is 2.49. The Hall–Kier alpha value is -3.24. The second-order valence-electron chi connectivity index (χ2n) is 7.03. The Kier molecular flexibility index (Phi) is 10.8. The highest BCUT2D eigenvalue weighted by Crippen LogP contribution is 2.24. The first-order valence-electron chi connectivity index (χ1n) is 9.77. The van der Waals surface area contributed by atoms with Crippen LogP contribution in [0.5, 0.6) is 0 Å². The number of nitrogens with two attached hydrogens (primary N) is 1. The van der Waals surface area contributed by atoms with Crippen molar-refractivity contribution in [2.75, 3.05) is 19.8 Å². The van der Waals surface area contributed by atoms with Gasteiger partial charge in [0, 0.05) is 12.0 Å². The van der Waals surface area contributed by atoms with E-state index < -0.39 is 17.6 Å². The number of carbonyl (C=O) groups excluding carboxylic acids is 2. The number of rotatable bonds is 9. The predicted molar refractivity (Wildman–Crippen MR) is 111 cm³/mol. The van der Waals surface area contributed by atoms with E-state index in [0.29, 0.717) is 17.7 Å². The third-order valence-corrected chi connectivity index (χ3v) is 4.02. The molecule has 1 atom stereocenters. The normalized spacial score (nSPS) is 12.2. The zero-order valence-corrected chi connectivity index (χ0v) is 17.6. The van der Waals surface area contributed by atoms with E-state index in [4.69, 9.17) is 15.2 Å². The Morgan fingerprint density at radius 2 is 1.90 bits per heavy atom. The first-order chi connectivity index (χ1) is 14.3. The number of unbranched alkanes of at least 4 members (excludes halogenated alkanes) is 1. The smallest absolute Gasteiger partial charge is 0.407 e. The minimum absolute atomic E-state index is 0.151. The molecule has 2 heterocycles. The number of nitrogens with one attached hydrogen (secondary N) is 2. The summed E-state index contributed by atoms with van der Waals surface area (Å²) in [6.45, 7) is 6.93. The molecule has 0 fully saturated rings. The zero-order chi connectivity index (χ0) is 22.4. The summed E-state index contributed by atoms with van der Waals surface area (Å²) in [4.78, 5) is 46.7. The van der Waals surface area contributed by atoms with Crippen LogP contribution in [0.15, 0.2) is 23.5 Å². The van der Waals surface area contributed by atoms with E-state index in [9.17, 15) is 14.4 Å². The number of carbonyl (C=O) groups is 2. The lowest BCUT2D eigenvalue weighted by Crippen LogP contribution is -2.35. The van der Waals surface area contributed by atoms with E-state index in [1.54, 1.807) is 0 Å². The molecule has 0 aliphatic heterocycles. The van der Waals surface area contributed by atoms with Crippen molar-refractivity contribution < 1.29 is 19.1 Å². The molecular formula is C19H30N6O5. The molecular weight excluding hydrogens is 392 g/mol. The van der Waals surface area contributed by atoms with Crippen molar-refractivity contribution in [2.45, 2.75) is 46.5 Å². The number of hydrogen-bond acceptors (Lipinski definition) is 8. The van der Waals surface area contributed by atoms with Crippen LogP contribution in [0.25, 0.3) is 11.2 Å². The van der Waals surface area contributed by atoms with Crippen molar-refractivity contribution in [3.05, 3.63) is 29.1 Å². The van der Waals surface area contributed by atoms with Gasteiger partial charge >= 0.3 is 12.2 Å². The second kappa shape index (κ2) is 13.1. The lowest BCUT2D eigenvalue weighted by atomic mass is 9.87. The number of ether oxygens (including phenoxy) is 2. The Morgan fingerprint density at radius 3 is 2.57 bits per heavy atom. The van der Waals surface area contributed by atoms with Gasteiger partial charge in [0.15, 0.2) is 5.65 Å². The molecule has 166 valence electrons. The molecule has 11 nitrogen and oxygen atoms in total. The Bertz CT molecular complexity index is 858. The molecule has 0 saturated heterocycles. The van der Waals surface area contributed by atoms with E-state index in [1.807, 2.05) is 20.8 Å². The summed E-state index contributed by atoms with van der Waals surface area (Å²) in [6, 6.07) is 0. The molecule has 0 aliphatic rings. The molecule has 2 amide bonds. The molecule has 1 unspecified atom stereocenters. The highest BCUT2D eigenvalue weighted by molar-refractivity contribution is 5.67. The minimum atomic E-state index is -0.810. The monoisotopic (exact) mass is 422 g/mol. The van der Waals surface area contributed by atoms with Crippen LogP contribution in [0, 0.1) is 5.41 Å². The topological polar surface area (TPSA) is 162 Å². The number of hydrogen-bond donors (Lipinski definition) is 3. The average molecular weight is 422 g/mol. The van der Waals surface area contributed by atoms with Gasteiger partial charge in [0.05, 0.1) is 12.4 Å². The average Bonchev–Trinajstić information content (AvgIpc) is 2.72. The van der Waals surface area contributed by atoms with Crippen LogP contribution < -0.4 is 16.6 Å². The van der Waals surface area contributed by atoms with Crippen molar-refractivity contribution in [3.8, 4) is 0 Å². The maximum atomic E-state index is 11.4. The second-order valence-corrected chi connectivity index (χ2v) is 7.03. The summed E-state index contributed by atoms with van der Waals surface area (Å²) in [5, 5.41) is 2.67. The van der Waals surface area contributed by atoms with Crippen LogP contribution in [0.2, 0.25) is 0 Å². The van der Waals surface area contributed by atoms with Gasteiger partial charge in [-0.25, -0.2) is 24.5 Å². The summed E-state index contributed by atoms with van der Waals surface area (Å²) in [6.07, 6.45) is 6.46. The lowest BCUT2D eigenvalue weighted by Gasteiger charge is -2.27. The van der Waals surface area contributed by atoms with Crippen molar-refractivity contribution in [1.82, 2.24) is 25.3 Å². The van der Waals surface area contributed by atoms with Gasteiger partial charge in [-0.2, -0.15) is 0 Å². The van der Waals surface area contributed by atoms with Crippen LogP contribution in [0.3, 0.4) is 0 Å². The molecule has 2 rings (SSSR count). The molecule has 0 spiro atoms. The van der Waals surface area contributed by atoms with Crippen molar-refractivity contribution in [2.24, 2.45) is 11.1 Å². The summed E-state index contributed by atoms with van der Waals surface area (Å²) in [5.41, 5.74) is 5.37. The number of amides is 2. The summed E-state index contributed by atoms with van der Waals surface area (Å²) >= 11 is 0. The van der Waals surface area contributed by atoms with E-state index in [-0.39, 0.29) is 18.8 Å². The van der Waals surface area contributed by atoms with Crippen LogP contribution >= 0.6 is 0 Å². The first kappa shape index (κ1) is 24.8. The van der Waals surface area contributed by atoms with Gasteiger partial charge in [0.2, 0.25) is 0 Å². The minimum Gasteiger partial charge on any atom is -0.449 e. The van der Waals surface area contributed by atoms with Gasteiger partial charge in [-0.15, -0.1) is 0 Å². The molecule has 0 aromatic carbocycles. The third kappa shape index (κ3) is 9.80. The van der Waals surface area contributed by atoms with Crippen LogP contribution in [0.4, 0.5) is 9.59 Å². The maximum absolute atomic E-state index is 11.4. The van der Waals surface area contributed by atoms with Crippen molar-refractivity contribution >= 4 is 23.4 Å². The van der Waals surface area contributed by atoms with Gasteiger partial charge in [-0.3, -0.25) is 4.79 Å². The molecule has 0 bridgehead atoms. The number of H-pyrrole nitrogens is 1. The van der Waals surface area contributed by atoms with E-state index in [0.717, 1.165) is 25.7 Å². The van der Waals surface area contributed by atoms with Crippen molar-refractivity contribution in [3.63, 3.8) is 0 Å². The molecule has 2 aromatic heterocycles. The lowest BCUT2D eigenvalue weighted by molar-refractivity contribution is 0.0338. The fourth-order valence-electron chi connectivity index (χ4n) is 2.49. The summed E-state index contributed by atoms with van der Waals surface area (Å²) in [7, 11) is 0. The number of aromatic amines is 1. The Morgan fingerprint density at radius 1 is 1.17 bits per heavy atom. The van der Waals surface area contributed by atoms with Crippen LogP contribution in [-0.2, 0) is 9.47 Å². The summed E-state index contributed by atoms with van der Waals surface area (Å²) in [5.74, 6) is 0. The predicted octanol–water partition coefficient (Wildman–Crippen LogP) is 2.13. The standard InChI is InChI=1S/C13H26N2O4.C6H4N4O/c1-4-6-8-15-12(17)19-10-13(3,7-5-2)9-18-11(14)16;11-5-2-8-6-4(10-5)1-7-3-9-6/h4-10H2,1-3H3,(H2,14,16)(H,15,17);1-3H,(H,10,11). The highest BCUT2D eigenvalue weighted by Gasteiger charge is 2.27. The molecule has 4 N–H and O–H groups in total. The number of nitrogens with zero attached hydrogens (tertiary/aromatic N) is 3. The highest BCUT2D eigenvalue weighted by atomic mass is 16.6. The number of fused-ring (bicyclic) bond motifs is 1. The molecule has 0 radical (unpaired) electrons. The van der Waals surface area contributed by atoms with E-state index in [2.05, 4.69) is 25.3 Å². The number of primary amides is 1. The number of aromatic nitrogens is 4. The maximum Gasteiger partial charge on any atom is 0.407 e. The van der Waals surface area contributed by atoms with Crippen molar-refractivity contribution in [1.29, 1.82) is 0 Å². The first-order valence-corrected chi connectivity index (χ1v) is 9.77.